The van der Waals surface area contributed by atoms with Crippen molar-refractivity contribution in [1.82, 2.24) is 15.2 Å². The maximum atomic E-state index is 11.3. The van der Waals surface area contributed by atoms with E-state index in [1.165, 1.54) is 0 Å². The molecule has 1 fully saturated rings. The molecule has 0 spiro atoms. The van der Waals surface area contributed by atoms with Crippen LogP contribution in [-0.4, -0.2) is 20.9 Å². The lowest BCUT2D eigenvalue weighted by Gasteiger charge is -2.29. The van der Waals surface area contributed by atoms with Gasteiger partial charge in [-0.05, 0) is 34.9 Å². The van der Waals surface area contributed by atoms with Crippen LogP contribution in [0.1, 0.15) is 28.8 Å². The lowest BCUT2D eigenvalue weighted by atomic mass is 9.93. The first kappa shape index (κ1) is 21.4. The molecule has 1 N–H and O–H groups in total. The van der Waals surface area contributed by atoms with Gasteiger partial charge in [0.25, 0.3) is 5.96 Å². The first-order valence-electron chi connectivity index (χ1n) is 9.29. The average Bonchev–Trinajstić information content (AvgIpc) is 3.07. The molecule has 2 aromatic carbocycles. The Labute approximate surface area is 193 Å². The molecule has 4 rings (SSSR count). The lowest BCUT2D eigenvalue weighted by Crippen LogP contribution is -2.32. The molecule has 0 radical (unpaired) electrons. The summed E-state index contributed by atoms with van der Waals surface area (Å²) in [6.45, 7) is 0.292. The van der Waals surface area contributed by atoms with Gasteiger partial charge >= 0.3 is 0 Å². The minimum absolute atomic E-state index is 0.106. The molecule has 0 aliphatic carbocycles. The Morgan fingerprint density at radius 2 is 1.65 bits per heavy atom. The lowest BCUT2D eigenvalue weighted by molar-refractivity contribution is -0.485. The minimum atomic E-state index is -0.728. The number of hydrogen-bond acceptors (Lipinski definition) is 3. The zero-order valence-electron chi connectivity index (χ0n) is 16.0. The van der Waals surface area contributed by atoms with Crippen LogP contribution in [0.25, 0.3) is 0 Å². The third kappa shape index (κ3) is 4.58. The largest absolute Gasteiger partial charge is 0.342 e. The molecular weight excluding hydrogens is 461 g/mol. The van der Waals surface area contributed by atoms with Crippen molar-refractivity contribution in [3.63, 3.8) is 0 Å². The summed E-state index contributed by atoms with van der Waals surface area (Å²) in [5.74, 6) is 0.106. The summed E-state index contributed by atoms with van der Waals surface area (Å²) in [4.78, 5) is 17.2. The quantitative estimate of drug-likeness (QED) is 0.299. The van der Waals surface area contributed by atoms with Crippen LogP contribution in [0.4, 0.5) is 0 Å². The Kier molecular flexibility index (Phi) is 6.27. The number of benzene rings is 2. The molecule has 1 aromatic heterocycles. The normalized spacial score (nSPS) is 19.5. The Balaban J connectivity index is 1.86. The summed E-state index contributed by atoms with van der Waals surface area (Å²) in [5.41, 5.74) is 2.37. The fraction of sp³-hybridized carbons (Fsp3) is 0.143. The molecule has 1 aliphatic heterocycles. The first-order chi connectivity index (χ1) is 14.9. The van der Waals surface area contributed by atoms with Crippen molar-refractivity contribution >= 4 is 40.8 Å². The third-order valence-corrected chi connectivity index (χ3v) is 5.90. The third-order valence-electron chi connectivity index (χ3n) is 4.99. The number of rotatable bonds is 5. The van der Waals surface area contributed by atoms with Gasteiger partial charge in [-0.2, -0.15) is 0 Å². The van der Waals surface area contributed by atoms with Crippen molar-refractivity contribution in [2.24, 2.45) is 5.10 Å². The van der Waals surface area contributed by atoms with E-state index in [-0.39, 0.29) is 5.96 Å². The van der Waals surface area contributed by atoms with E-state index >= 15 is 0 Å². The molecule has 3 aromatic rings. The minimum Gasteiger partial charge on any atom is -0.342 e. The number of nitro groups is 1. The summed E-state index contributed by atoms with van der Waals surface area (Å²) in [5, 5.41) is 18.8. The Bertz CT molecular complexity index is 1140. The van der Waals surface area contributed by atoms with E-state index in [1.807, 2.05) is 42.5 Å². The zero-order chi connectivity index (χ0) is 22.0. The van der Waals surface area contributed by atoms with Gasteiger partial charge in [-0.1, -0.05) is 77.3 Å². The second kappa shape index (κ2) is 9.09. The number of nitrogens with one attached hydrogen (secondary N) is 1. The predicted octanol–water partition coefficient (Wildman–Crippen LogP) is 5.48. The van der Waals surface area contributed by atoms with Gasteiger partial charge in [0, 0.05) is 22.8 Å². The topological polar surface area (TPSA) is 83.7 Å². The monoisotopic (exact) mass is 475 g/mol. The van der Waals surface area contributed by atoms with Crippen molar-refractivity contribution in [3.05, 3.63) is 109 Å². The number of guanidine groups is 1. The number of aromatic nitrogens is 1. The van der Waals surface area contributed by atoms with Crippen molar-refractivity contribution in [3.8, 4) is 0 Å². The van der Waals surface area contributed by atoms with Crippen LogP contribution in [0.5, 0.6) is 0 Å². The molecular formula is C21H16Cl3N5O2. The van der Waals surface area contributed by atoms with Crippen LogP contribution in [0.2, 0.25) is 15.2 Å². The number of nitrogens with zero attached hydrogens (tertiary/aromatic N) is 4. The molecule has 2 atom stereocenters. The van der Waals surface area contributed by atoms with Crippen molar-refractivity contribution in [1.29, 1.82) is 0 Å². The van der Waals surface area contributed by atoms with E-state index in [9.17, 15) is 10.1 Å². The molecule has 2 heterocycles. The van der Waals surface area contributed by atoms with Gasteiger partial charge in [0.15, 0.2) is 5.03 Å². The van der Waals surface area contributed by atoms with E-state index < -0.39 is 17.1 Å². The van der Waals surface area contributed by atoms with Crippen LogP contribution in [0, 0.1) is 10.1 Å². The van der Waals surface area contributed by atoms with E-state index in [1.54, 1.807) is 29.3 Å². The maximum Gasteiger partial charge on any atom is 0.272 e. The highest BCUT2D eigenvalue weighted by molar-refractivity contribution is 6.32. The number of hydrogen-bond donors (Lipinski definition) is 1. The molecule has 158 valence electrons. The molecule has 0 saturated carbocycles. The smallest absolute Gasteiger partial charge is 0.272 e. The van der Waals surface area contributed by atoms with Gasteiger partial charge in [0.1, 0.15) is 10.3 Å². The summed E-state index contributed by atoms with van der Waals surface area (Å²) in [6, 6.07) is 17.4. The van der Waals surface area contributed by atoms with Crippen LogP contribution in [0.3, 0.4) is 0 Å². The van der Waals surface area contributed by atoms with Crippen molar-refractivity contribution in [2.75, 3.05) is 0 Å². The van der Waals surface area contributed by atoms with Crippen LogP contribution >= 0.6 is 34.8 Å². The van der Waals surface area contributed by atoms with Gasteiger partial charge in [-0.3, -0.25) is 0 Å². The second-order valence-corrected chi connectivity index (χ2v) is 8.09. The van der Waals surface area contributed by atoms with Crippen LogP contribution < -0.4 is 5.32 Å². The van der Waals surface area contributed by atoms with Gasteiger partial charge < -0.3 is 10.2 Å². The first-order valence-corrected chi connectivity index (χ1v) is 10.4. The molecule has 1 saturated heterocycles. The highest BCUT2D eigenvalue weighted by Crippen LogP contribution is 2.44. The molecule has 0 unspecified atom stereocenters. The summed E-state index contributed by atoms with van der Waals surface area (Å²) in [7, 11) is 0. The average molecular weight is 477 g/mol. The Morgan fingerprint density at radius 3 is 2.23 bits per heavy atom. The van der Waals surface area contributed by atoms with Crippen molar-refractivity contribution in [2.45, 2.75) is 18.6 Å². The van der Waals surface area contributed by atoms with Gasteiger partial charge in [0.2, 0.25) is 0 Å². The highest BCUT2D eigenvalue weighted by atomic mass is 35.5. The van der Waals surface area contributed by atoms with Crippen LogP contribution in [-0.2, 0) is 6.54 Å². The summed E-state index contributed by atoms with van der Waals surface area (Å²) >= 11 is 18.9. The van der Waals surface area contributed by atoms with E-state index in [4.69, 9.17) is 34.8 Å². The fourth-order valence-electron chi connectivity index (χ4n) is 3.68. The molecule has 7 nitrogen and oxygen atoms in total. The predicted molar refractivity (Wildman–Crippen MR) is 121 cm³/mol. The van der Waals surface area contributed by atoms with Crippen LogP contribution in [0.15, 0.2) is 72.0 Å². The van der Waals surface area contributed by atoms with E-state index in [0.29, 0.717) is 21.7 Å². The zero-order valence-corrected chi connectivity index (χ0v) is 18.2. The summed E-state index contributed by atoms with van der Waals surface area (Å²) in [6.07, 6.45) is 1.62. The highest BCUT2D eigenvalue weighted by Gasteiger charge is 2.43. The molecule has 0 amide bonds. The second-order valence-electron chi connectivity index (χ2n) is 6.89. The Morgan fingerprint density at radius 1 is 1.00 bits per heavy atom. The van der Waals surface area contributed by atoms with E-state index in [0.717, 1.165) is 16.7 Å². The SMILES string of the molecule is O=[N+]([O-])/N=C1\N[C@@H](c2ccccc2Cl)[C@H](c2ccccc2Cl)N1Cc1ccc(Cl)nc1. The van der Waals surface area contributed by atoms with Crippen molar-refractivity contribution < 1.29 is 5.03 Å². The Hall–Kier alpha value is -2.87. The molecule has 10 heteroatoms. The summed E-state index contributed by atoms with van der Waals surface area (Å²) < 4.78 is 0. The number of pyridine rings is 1. The standard InChI is InChI=1S/C21H16Cl3N5O2/c22-16-7-3-1-5-14(16)19-20(15-6-2-4-8-17(15)23)28(21(26-19)27-29(30)31)12-13-9-10-18(24)25-11-13/h1-11,19-20H,12H2,(H,26,27)/t19-,20-/m0/s1. The van der Waals surface area contributed by atoms with E-state index in [2.05, 4.69) is 15.4 Å². The number of hydrazone groups is 1. The van der Waals surface area contributed by atoms with Gasteiger partial charge in [0.05, 0.1) is 12.1 Å². The van der Waals surface area contributed by atoms with Gasteiger partial charge in [-0.25, -0.2) is 15.1 Å². The fourth-order valence-corrected chi connectivity index (χ4v) is 4.30. The molecule has 1 aliphatic rings. The maximum absolute atomic E-state index is 11.3. The number of halogens is 3. The van der Waals surface area contributed by atoms with Gasteiger partial charge in [-0.15, -0.1) is 0 Å². The molecule has 0 bridgehead atoms. The molecule has 31 heavy (non-hydrogen) atoms.